The van der Waals surface area contributed by atoms with E-state index >= 15 is 0 Å². The highest BCUT2D eigenvalue weighted by atomic mass is 16.5. The van der Waals surface area contributed by atoms with Crippen LogP contribution in [0.5, 0.6) is 0 Å². The van der Waals surface area contributed by atoms with Crippen LogP contribution in [0.4, 0.5) is 0 Å². The van der Waals surface area contributed by atoms with Gasteiger partial charge < -0.3 is 19.9 Å². The topological polar surface area (TPSA) is 103 Å². The van der Waals surface area contributed by atoms with E-state index in [-0.39, 0.29) is 17.7 Å². The van der Waals surface area contributed by atoms with Crippen LogP contribution in [-0.2, 0) is 20.8 Å². The van der Waals surface area contributed by atoms with Gasteiger partial charge in [-0.2, -0.15) is 5.10 Å². The van der Waals surface area contributed by atoms with E-state index in [1.807, 2.05) is 24.3 Å². The summed E-state index contributed by atoms with van der Waals surface area (Å²) in [4.78, 5) is 22.9. The molecule has 2 heterocycles. The lowest BCUT2D eigenvalue weighted by atomic mass is 10.2. The van der Waals surface area contributed by atoms with E-state index < -0.39 is 5.97 Å². The number of aromatic carboxylic acids is 1. The first-order chi connectivity index (χ1) is 13.1. The van der Waals surface area contributed by atoms with Gasteiger partial charge >= 0.3 is 5.97 Å². The Morgan fingerprint density at radius 1 is 1.37 bits per heavy atom. The molecule has 0 aliphatic carbocycles. The second-order valence-corrected chi connectivity index (χ2v) is 6.36. The van der Waals surface area contributed by atoms with Crippen LogP contribution in [0.3, 0.4) is 0 Å². The molecule has 1 fully saturated rings. The van der Waals surface area contributed by atoms with Gasteiger partial charge in [-0.3, -0.25) is 4.79 Å². The standard InChI is InChI=1S/C19H23N3O5/c23-18(7-10-26-13-16-5-2-9-27-16)20-12-14-3-1-4-15(11-14)22-8-6-17(21-22)19(24)25/h1,3-4,6,8,11,16H,2,5,7,9-10,12-13H2,(H,20,23)(H,24,25). The van der Waals surface area contributed by atoms with Gasteiger partial charge in [0.25, 0.3) is 0 Å². The molecule has 8 heteroatoms. The van der Waals surface area contributed by atoms with Gasteiger partial charge in [0.2, 0.25) is 5.91 Å². The van der Waals surface area contributed by atoms with E-state index in [4.69, 9.17) is 14.6 Å². The van der Waals surface area contributed by atoms with Gasteiger partial charge in [-0.15, -0.1) is 0 Å². The van der Waals surface area contributed by atoms with Crippen molar-refractivity contribution in [1.29, 1.82) is 0 Å². The van der Waals surface area contributed by atoms with Crippen LogP contribution in [0.2, 0.25) is 0 Å². The smallest absolute Gasteiger partial charge is 0.356 e. The highest BCUT2D eigenvalue weighted by Gasteiger charge is 2.15. The third-order valence-electron chi connectivity index (χ3n) is 4.27. The molecule has 1 aromatic carbocycles. The lowest BCUT2D eigenvalue weighted by Gasteiger charge is -2.10. The summed E-state index contributed by atoms with van der Waals surface area (Å²) in [5.41, 5.74) is 1.61. The molecule has 1 aliphatic rings. The highest BCUT2D eigenvalue weighted by Crippen LogP contribution is 2.12. The van der Waals surface area contributed by atoms with Crippen molar-refractivity contribution >= 4 is 11.9 Å². The molecule has 1 amide bonds. The number of rotatable bonds is 9. The number of carbonyl (C=O) groups excluding carboxylic acids is 1. The number of carboxylic acids is 1. The number of nitrogens with zero attached hydrogens (tertiary/aromatic N) is 2. The minimum Gasteiger partial charge on any atom is -0.476 e. The van der Waals surface area contributed by atoms with E-state index in [9.17, 15) is 9.59 Å². The zero-order valence-corrected chi connectivity index (χ0v) is 15.0. The Hall–Kier alpha value is -2.71. The van der Waals surface area contributed by atoms with E-state index in [1.54, 1.807) is 6.20 Å². The second kappa shape index (κ2) is 9.29. The summed E-state index contributed by atoms with van der Waals surface area (Å²) in [6.45, 7) is 2.09. The number of carboxylic acid groups (broad SMARTS) is 1. The molecule has 27 heavy (non-hydrogen) atoms. The Labute approximate surface area is 157 Å². The summed E-state index contributed by atoms with van der Waals surface area (Å²) in [5, 5.41) is 15.8. The Morgan fingerprint density at radius 3 is 3.00 bits per heavy atom. The monoisotopic (exact) mass is 373 g/mol. The maximum Gasteiger partial charge on any atom is 0.356 e. The van der Waals surface area contributed by atoms with Crippen molar-refractivity contribution in [2.24, 2.45) is 0 Å². The predicted molar refractivity (Wildman–Crippen MR) is 96.8 cm³/mol. The van der Waals surface area contributed by atoms with Crippen LogP contribution in [0, 0.1) is 0 Å². The van der Waals surface area contributed by atoms with Crippen molar-refractivity contribution in [1.82, 2.24) is 15.1 Å². The van der Waals surface area contributed by atoms with E-state index in [0.29, 0.717) is 26.2 Å². The van der Waals surface area contributed by atoms with Crippen LogP contribution in [0.25, 0.3) is 5.69 Å². The number of ether oxygens (including phenoxy) is 2. The third kappa shape index (κ3) is 5.63. The van der Waals surface area contributed by atoms with Crippen LogP contribution < -0.4 is 5.32 Å². The first-order valence-corrected chi connectivity index (χ1v) is 8.96. The van der Waals surface area contributed by atoms with Gasteiger partial charge in [0, 0.05) is 25.8 Å². The van der Waals surface area contributed by atoms with Crippen molar-refractivity contribution in [2.75, 3.05) is 19.8 Å². The summed E-state index contributed by atoms with van der Waals surface area (Å²) >= 11 is 0. The van der Waals surface area contributed by atoms with Gasteiger partial charge in [0.1, 0.15) is 0 Å². The molecular formula is C19H23N3O5. The van der Waals surface area contributed by atoms with Gasteiger partial charge in [-0.1, -0.05) is 12.1 Å². The fourth-order valence-electron chi connectivity index (χ4n) is 2.84. The number of hydrogen-bond acceptors (Lipinski definition) is 5. The second-order valence-electron chi connectivity index (χ2n) is 6.36. The number of carbonyl (C=O) groups is 2. The number of amides is 1. The van der Waals surface area contributed by atoms with E-state index in [0.717, 1.165) is 30.7 Å². The molecule has 8 nitrogen and oxygen atoms in total. The van der Waals surface area contributed by atoms with Crippen molar-refractivity contribution in [3.8, 4) is 5.69 Å². The zero-order valence-electron chi connectivity index (χ0n) is 15.0. The molecule has 1 unspecified atom stereocenters. The van der Waals surface area contributed by atoms with Gasteiger partial charge in [0.05, 0.1) is 25.0 Å². The molecular weight excluding hydrogens is 350 g/mol. The summed E-state index contributed by atoms with van der Waals surface area (Å²) in [6, 6.07) is 8.84. The molecule has 1 aliphatic heterocycles. The third-order valence-corrected chi connectivity index (χ3v) is 4.27. The van der Waals surface area contributed by atoms with E-state index in [1.165, 1.54) is 10.7 Å². The van der Waals surface area contributed by atoms with Crippen molar-refractivity contribution < 1.29 is 24.2 Å². The average Bonchev–Trinajstić information content (AvgIpc) is 3.35. The van der Waals surface area contributed by atoms with Gasteiger partial charge in [-0.25, -0.2) is 9.48 Å². The van der Waals surface area contributed by atoms with Crippen LogP contribution in [0.15, 0.2) is 36.5 Å². The lowest BCUT2D eigenvalue weighted by molar-refractivity contribution is -0.122. The molecule has 0 bridgehead atoms. The Morgan fingerprint density at radius 2 is 2.26 bits per heavy atom. The van der Waals surface area contributed by atoms with Crippen molar-refractivity contribution in [2.45, 2.75) is 31.9 Å². The maximum atomic E-state index is 11.9. The zero-order chi connectivity index (χ0) is 19.1. The van der Waals surface area contributed by atoms with E-state index in [2.05, 4.69) is 10.4 Å². The van der Waals surface area contributed by atoms with Crippen molar-refractivity contribution in [3.63, 3.8) is 0 Å². The summed E-state index contributed by atoms with van der Waals surface area (Å²) < 4.78 is 12.4. The first-order valence-electron chi connectivity index (χ1n) is 8.96. The number of nitrogens with one attached hydrogen (secondary N) is 1. The molecule has 2 aromatic rings. The Bertz CT molecular complexity index is 783. The minimum atomic E-state index is -1.07. The predicted octanol–water partition coefficient (Wildman–Crippen LogP) is 1.77. The van der Waals surface area contributed by atoms with Crippen LogP contribution >= 0.6 is 0 Å². The molecule has 0 saturated carbocycles. The number of hydrogen-bond donors (Lipinski definition) is 2. The van der Waals surface area contributed by atoms with Crippen molar-refractivity contribution in [3.05, 3.63) is 47.8 Å². The minimum absolute atomic E-state index is 0.0169. The molecule has 3 rings (SSSR count). The molecule has 1 aromatic heterocycles. The van der Waals surface area contributed by atoms with Crippen LogP contribution in [0.1, 0.15) is 35.3 Å². The summed E-state index contributed by atoms with van der Waals surface area (Å²) in [5.74, 6) is -1.15. The Balaban J connectivity index is 1.43. The lowest BCUT2D eigenvalue weighted by Crippen LogP contribution is -2.25. The quantitative estimate of drug-likeness (QED) is 0.650. The molecule has 0 spiro atoms. The number of benzene rings is 1. The molecule has 1 atom stereocenters. The Kier molecular flexibility index (Phi) is 6.56. The largest absolute Gasteiger partial charge is 0.476 e. The fourth-order valence-corrected chi connectivity index (χ4v) is 2.84. The molecule has 1 saturated heterocycles. The average molecular weight is 373 g/mol. The molecule has 2 N–H and O–H groups in total. The number of aromatic nitrogens is 2. The highest BCUT2D eigenvalue weighted by molar-refractivity contribution is 5.85. The first kappa shape index (κ1) is 19.1. The summed E-state index contributed by atoms with van der Waals surface area (Å²) in [7, 11) is 0. The normalized spacial score (nSPS) is 16.4. The fraction of sp³-hybridized carbons (Fsp3) is 0.421. The SMILES string of the molecule is O=C(CCOCC1CCCO1)NCc1cccc(-n2ccc(C(=O)O)n2)c1. The van der Waals surface area contributed by atoms with Gasteiger partial charge in [0.15, 0.2) is 5.69 Å². The van der Waals surface area contributed by atoms with Crippen LogP contribution in [-0.4, -0.2) is 52.7 Å². The molecule has 144 valence electrons. The van der Waals surface area contributed by atoms with Gasteiger partial charge in [-0.05, 0) is 36.6 Å². The molecule has 0 radical (unpaired) electrons. The summed E-state index contributed by atoms with van der Waals surface area (Å²) in [6.07, 6.45) is 4.15. The maximum absolute atomic E-state index is 11.9.